The quantitative estimate of drug-likeness (QED) is 0.921. The summed E-state index contributed by atoms with van der Waals surface area (Å²) in [4.78, 5) is 2.46. The van der Waals surface area contributed by atoms with Crippen LogP contribution in [0.15, 0.2) is 0 Å². The van der Waals surface area contributed by atoms with Crippen LogP contribution in [-0.2, 0) is 13.5 Å². The number of halogens is 1. The lowest BCUT2D eigenvalue weighted by Gasteiger charge is -2.23. The van der Waals surface area contributed by atoms with Gasteiger partial charge in [0.2, 0.25) is 0 Å². The third kappa shape index (κ3) is 2.41. The van der Waals surface area contributed by atoms with Gasteiger partial charge in [0.05, 0.1) is 11.3 Å². The van der Waals surface area contributed by atoms with Crippen molar-refractivity contribution in [3.8, 4) is 0 Å². The molecule has 0 radical (unpaired) electrons. The van der Waals surface area contributed by atoms with E-state index >= 15 is 0 Å². The molecule has 1 N–H and O–H groups in total. The highest BCUT2D eigenvalue weighted by Crippen LogP contribution is 2.39. The summed E-state index contributed by atoms with van der Waals surface area (Å²) < 4.78 is 1.69. The zero-order chi connectivity index (χ0) is 13.8. The Kier molecular flexibility index (Phi) is 3.15. The Hall–Kier alpha value is -0.580. The minimum absolute atomic E-state index is 0.466. The molecule has 19 heavy (non-hydrogen) atoms. The fraction of sp³-hybridized carbons (Fsp3) is 0.786. The molecule has 1 aromatic heterocycles. The number of nitrogens with zero attached hydrogens (tertiary/aromatic N) is 3. The van der Waals surface area contributed by atoms with Crippen LogP contribution in [0.2, 0.25) is 5.15 Å². The lowest BCUT2D eigenvalue weighted by molar-refractivity contribution is 0.0485. The molecule has 2 fully saturated rings. The van der Waals surface area contributed by atoms with Crippen molar-refractivity contribution in [3.63, 3.8) is 0 Å². The Morgan fingerprint density at radius 1 is 1.47 bits per heavy atom. The Balaban J connectivity index is 1.78. The largest absolute Gasteiger partial charge is 0.388 e. The lowest BCUT2D eigenvalue weighted by atomic mass is 9.92. The molecule has 2 unspecified atom stereocenters. The van der Waals surface area contributed by atoms with E-state index in [9.17, 15) is 5.11 Å². The number of aryl methyl sites for hydroxylation is 2. The lowest BCUT2D eigenvalue weighted by Crippen LogP contribution is -2.36. The first-order valence-corrected chi connectivity index (χ1v) is 7.43. The maximum atomic E-state index is 10.9. The van der Waals surface area contributed by atoms with Gasteiger partial charge in [0.1, 0.15) is 5.15 Å². The molecular weight excluding hydrogens is 262 g/mol. The second-order valence-corrected chi connectivity index (χ2v) is 6.69. The Morgan fingerprint density at radius 2 is 2.16 bits per heavy atom. The Morgan fingerprint density at radius 3 is 2.68 bits per heavy atom. The average Bonchev–Trinajstić information content (AvgIpc) is 3.08. The predicted octanol–water partition coefficient (Wildman–Crippen LogP) is 1.91. The van der Waals surface area contributed by atoms with Crippen LogP contribution in [0.5, 0.6) is 0 Å². The highest BCUT2D eigenvalue weighted by Gasteiger charge is 2.46. The van der Waals surface area contributed by atoms with E-state index in [1.165, 1.54) is 12.8 Å². The summed E-state index contributed by atoms with van der Waals surface area (Å²) in [6.07, 6.45) is 4.01. The van der Waals surface area contributed by atoms with Crippen LogP contribution < -0.4 is 0 Å². The zero-order valence-electron chi connectivity index (χ0n) is 11.9. The number of aromatic nitrogens is 2. The van der Waals surface area contributed by atoms with Crippen LogP contribution >= 0.6 is 11.6 Å². The smallest absolute Gasteiger partial charge is 0.130 e. The van der Waals surface area contributed by atoms with Gasteiger partial charge in [-0.25, -0.2) is 0 Å². The summed E-state index contributed by atoms with van der Waals surface area (Å²) in [5.74, 6) is 0. The molecule has 0 spiro atoms. The molecule has 1 saturated carbocycles. The minimum Gasteiger partial charge on any atom is -0.388 e. The summed E-state index contributed by atoms with van der Waals surface area (Å²) in [6, 6.07) is 1.17. The van der Waals surface area contributed by atoms with Crippen LogP contribution in [0, 0.1) is 6.92 Å². The van der Waals surface area contributed by atoms with E-state index in [4.69, 9.17) is 11.6 Å². The van der Waals surface area contributed by atoms with E-state index in [0.717, 1.165) is 24.2 Å². The van der Waals surface area contributed by atoms with Gasteiger partial charge in [-0.3, -0.25) is 9.58 Å². The van der Waals surface area contributed by atoms with Crippen molar-refractivity contribution in [1.29, 1.82) is 0 Å². The van der Waals surface area contributed by atoms with Gasteiger partial charge in [-0.1, -0.05) is 11.6 Å². The van der Waals surface area contributed by atoms with Crippen molar-refractivity contribution in [2.24, 2.45) is 7.05 Å². The first kappa shape index (κ1) is 13.4. The van der Waals surface area contributed by atoms with Crippen LogP contribution in [0.4, 0.5) is 0 Å². The van der Waals surface area contributed by atoms with Crippen LogP contribution in [0.1, 0.15) is 37.4 Å². The summed E-state index contributed by atoms with van der Waals surface area (Å²) in [5, 5.41) is 15.9. The molecule has 106 valence electrons. The maximum absolute atomic E-state index is 10.9. The van der Waals surface area contributed by atoms with Crippen LogP contribution in [-0.4, -0.2) is 44.0 Å². The number of rotatable bonds is 3. The van der Waals surface area contributed by atoms with E-state index in [2.05, 4.69) is 16.9 Å². The molecular formula is C14H22ClN3O. The summed E-state index contributed by atoms with van der Waals surface area (Å²) in [7, 11) is 1.84. The van der Waals surface area contributed by atoms with Crippen LogP contribution in [0.25, 0.3) is 0 Å². The number of likely N-dealkylation sites (tertiary alicyclic amines) is 1. The van der Waals surface area contributed by atoms with Crippen molar-refractivity contribution in [2.75, 3.05) is 6.54 Å². The first-order valence-electron chi connectivity index (χ1n) is 7.06. The summed E-state index contributed by atoms with van der Waals surface area (Å²) >= 11 is 6.28. The van der Waals surface area contributed by atoms with Crippen molar-refractivity contribution in [2.45, 2.75) is 57.2 Å². The first-order chi connectivity index (χ1) is 8.89. The van der Waals surface area contributed by atoms with E-state index in [-0.39, 0.29) is 0 Å². The second kappa shape index (κ2) is 4.47. The van der Waals surface area contributed by atoms with Gasteiger partial charge < -0.3 is 5.11 Å². The molecule has 0 amide bonds. The van der Waals surface area contributed by atoms with E-state index in [1.807, 2.05) is 14.0 Å². The normalized spacial score (nSPS) is 32.2. The third-order valence-corrected chi connectivity index (χ3v) is 4.98. The van der Waals surface area contributed by atoms with E-state index < -0.39 is 5.60 Å². The second-order valence-electron chi connectivity index (χ2n) is 6.34. The van der Waals surface area contributed by atoms with Gasteiger partial charge in [-0.2, -0.15) is 5.10 Å². The van der Waals surface area contributed by atoms with Gasteiger partial charge >= 0.3 is 0 Å². The van der Waals surface area contributed by atoms with Crippen molar-refractivity contribution >= 4 is 11.6 Å². The fourth-order valence-corrected chi connectivity index (χ4v) is 3.70. The van der Waals surface area contributed by atoms with Gasteiger partial charge in [0.25, 0.3) is 0 Å². The molecule has 1 aliphatic heterocycles. The van der Waals surface area contributed by atoms with Crippen LogP contribution in [0.3, 0.4) is 0 Å². The SMILES string of the molecule is Cc1nn(C)c(Cl)c1CC1(O)CC(C)N(C2CC2)C1. The number of hydrogen-bond donors (Lipinski definition) is 1. The predicted molar refractivity (Wildman–Crippen MR) is 75.4 cm³/mol. The van der Waals surface area contributed by atoms with E-state index in [0.29, 0.717) is 23.7 Å². The van der Waals surface area contributed by atoms with Crippen molar-refractivity contribution in [1.82, 2.24) is 14.7 Å². The standard InChI is InChI=1S/C14H22ClN3O/c1-9-6-14(19,8-18(9)11-4-5-11)7-12-10(2)16-17(3)13(12)15/h9,11,19H,4-8H2,1-3H3. The average molecular weight is 284 g/mol. The molecule has 2 atom stereocenters. The number of hydrogen-bond acceptors (Lipinski definition) is 3. The van der Waals surface area contributed by atoms with Gasteiger partial charge in [-0.05, 0) is 33.1 Å². The molecule has 1 saturated heterocycles. The zero-order valence-corrected chi connectivity index (χ0v) is 12.6. The molecule has 3 rings (SSSR count). The monoisotopic (exact) mass is 283 g/mol. The number of aliphatic hydroxyl groups is 1. The Bertz CT molecular complexity index is 497. The fourth-order valence-electron chi connectivity index (χ4n) is 3.45. The van der Waals surface area contributed by atoms with E-state index in [1.54, 1.807) is 4.68 Å². The maximum Gasteiger partial charge on any atom is 0.130 e. The molecule has 2 aliphatic rings. The van der Waals surface area contributed by atoms with Gasteiger partial charge in [0.15, 0.2) is 0 Å². The third-order valence-electron chi connectivity index (χ3n) is 4.51. The molecule has 0 bridgehead atoms. The van der Waals surface area contributed by atoms with Gasteiger partial charge in [-0.15, -0.1) is 0 Å². The van der Waals surface area contributed by atoms with Crippen molar-refractivity contribution in [3.05, 3.63) is 16.4 Å². The Labute approximate surface area is 119 Å². The highest BCUT2D eigenvalue weighted by molar-refractivity contribution is 6.30. The molecule has 1 aromatic rings. The number of β-amino-alcohol motifs (C(OH)–C–C–N with tert-alkyl or cyclic N) is 1. The minimum atomic E-state index is -0.653. The highest BCUT2D eigenvalue weighted by atomic mass is 35.5. The summed E-state index contributed by atoms with van der Waals surface area (Å²) in [6.45, 7) is 4.94. The summed E-state index contributed by atoms with van der Waals surface area (Å²) in [5.41, 5.74) is 1.27. The molecule has 0 aromatic carbocycles. The molecule has 1 aliphatic carbocycles. The topological polar surface area (TPSA) is 41.3 Å². The van der Waals surface area contributed by atoms with Crippen molar-refractivity contribution < 1.29 is 5.11 Å². The molecule has 4 nitrogen and oxygen atoms in total. The molecule has 5 heteroatoms. The molecule has 2 heterocycles. The van der Waals surface area contributed by atoms with Gasteiger partial charge in [0, 0.05) is 37.7 Å².